The first kappa shape index (κ1) is 27.0. The molecule has 7 heteroatoms. The third kappa shape index (κ3) is 7.21. The second kappa shape index (κ2) is 12.9. The third-order valence-corrected chi connectivity index (χ3v) is 7.52. The number of nitrogens with zero attached hydrogens (tertiary/aromatic N) is 2. The highest BCUT2D eigenvalue weighted by molar-refractivity contribution is 5.97. The summed E-state index contributed by atoms with van der Waals surface area (Å²) in [5.74, 6) is 1.97. The van der Waals surface area contributed by atoms with E-state index in [0.717, 1.165) is 37.4 Å². The van der Waals surface area contributed by atoms with Crippen molar-refractivity contribution < 1.29 is 14.3 Å². The average Bonchev–Trinajstić information content (AvgIpc) is 2.89. The van der Waals surface area contributed by atoms with Gasteiger partial charge in [-0.1, -0.05) is 30.3 Å². The predicted molar refractivity (Wildman–Crippen MR) is 141 cm³/mol. The molecule has 0 spiro atoms. The number of likely N-dealkylation sites (tertiary alicyclic amines) is 2. The Balaban J connectivity index is 0.00000342. The normalized spacial score (nSPS) is 18.4. The van der Waals surface area contributed by atoms with Gasteiger partial charge >= 0.3 is 0 Å². The van der Waals surface area contributed by atoms with Gasteiger partial charge in [-0.3, -0.25) is 9.59 Å². The number of piperidine rings is 2. The largest absolute Gasteiger partial charge is 0.497 e. The first-order valence-corrected chi connectivity index (χ1v) is 12.5. The molecule has 2 aliphatic heterocycles. The molecule has 0 unspecified atom stereocenters. The molecule has 2 aromatic rings. The summed E-state index contributed by atoms with van der Waals surface area (Å²) in [6, 6.07) is 16.3. The Morgan fingerprint density at radius 3 is 2.06 bits per heavy atom. The van der Waals surface area contributed by atoms with Crippen LogP contribution in [0.15, 0.2) is 54.6 Å². The molecule has 6 nitrogen and oxygen atoms in total. The van der Waals surface area contributed by atoms with E-state index in [2.05, 4.69) is 17.3 Å². The lowest BCUT2D eigenvalue weighted by molar-refractivity contribution is -0.135. The van der Waals surface area contributed by atoms with Gasteiger partial charge in [0.15, 0.2) is 0 Å². The van der Waals surface area contributed by atoms with Crippen molar-refractivity contribution in [2.75, 3.05) is 40.3 Å². The van der Waals surface area contributed by atoms with Crippen LogP contribution >= 0.6 is 12.4 Å². The molecule has 1 atom stereocenters. The molecule has 0 saturated carbocycles. The molecule has 4 rings (SSSR count). The number of carbonyl (C=O) groups excluding carboxylic acids is 2. The number of hydrogen-bond donors (Lipinski definition) is 1. The first-order valence-electron chi connectivity index (χ1n) is 12.5. The van der Waals surface area contributed by atoms with E-state index in [-0.39, 0.29) is 24.2 Å². The predicted octanol–water partition coefficient (Wildman–Crippen LogP) is 4.04. The SMILES string of the molecule is COc1ccc(C(=O)N[C@H](Cc2ccccc2)C(=O)N2CCC(C3CCN(C)CC3)CC2)cc1.Cl. The molecule has 2 amide bonds. The van der Waals surface area contributed by atoms with E-state index in [4.69, 9.17) is 4.74 Å². The smallest absolute Gasteiger partial charge is 0.251 e. The molecule has 190 valence electrons. The molecular weight excluding hydrogens is 462 g/mol. The summed E-state index contributed by atoms with van der Waals surface area (Å²) in [5, 5.41) is 3.02. The van der Waals surface area contributed by atoms with Gasteiger partial charge in [-0.15, -0.1) is 12.4 Å². The Kier molecular flexibility index (Phi) is 9.99. The van der Waals surface area contributed by atoms with Gasteiger partial charge in [-0.2, -0.15) is 0 Å². The van der Waals surface area contributed by atoms with Gasteiger partial charge in [0.25, 0.3) is 5.91 Å². The Labute approximate surface area is 215 Å². The summed E-state index contributed by atoms with van der Waals surface area (Å²) in [6.07, 6.45) is 5.14. The fraction of sp³-hybridized carbons (Fsp3) is 0.500. The van der Waals surface area contributed by atoms with Crippen LogP contribution < -0.4 is 10.1 Å². The van der Waals surface area contributed by atoms with Crippen LogP contribution in [0.2, 0.25) is 0 Å². The molecular formula is C28H38ClN3O3. The zero-order valence-electron chi connectivity index (χ0n) is 20.8. The van der Waals surface area contributed by atoms with Crippen molar-refractivity contribution in [1.82, 2.24) is 15.1 Å². The lowest BCUT2D eigenvalue weighted by Gasteiger charge is -2.40. The van der Waals surface area contributed by atoms with Gasteiger partial charge < -0.3 is 19.9 Å². The summed E-state index contributed by atoms with van der Waals surface area (Å²) < 4.78 is 5.19. The molecule has 2 heterocycles. The van der Waals surface area contributed by atoms with E-state index < -0.39 is 6.04 Å². The number of carbonyl (C=O) groups is 2. The number of amides is 2. The van der Waals surface area contributed by atoms with Gasteiger partial charge in [-0.25, -0.2) is 0 Å². The van der Waals surface area contributed by atoms with Crippen molar-refractivity contribution in [2.24, 2.45) is 11.8 Å². The Morgan fingerprint density at radius 2 is 1.49 bits per heavy atom. The van der Waals surface area contributed by atoms with Crippen LogP contribution in [0.5, 0.6) is 5.75 Å². The van der Waals surface area contributed by atoms with E-state index >= 15 is 0 Å². The maximum Gasteiger partial charge on any atom is 0.251 e. The number of methoxy groups -OCH3 is 1. The van der Waals surface area contributed by atoms with Crippen molar-refractivity contribution >= 4 is 24.2 Å². The Hall–Kier alpha value is -2.57. The zero-order chi connectivity index (χ0) is 23.9. The number of ether oxygens (including phenoxy) is 1. The summed E-state index contributed by atoms with van der Waals surface area (Å²) in [5.41, 5.74) is 1.56. The van der Waals surface area contributed by atoms with Gasteiger partial charge in [0.1, 0.15) is 11.8 Å². The molecule has 2 aromatic carbocycles. The van der Waals surface area contributed by atoms with Gasteiger partial charge in [-0.05, 0) is 87.5 Å². The van der Waals surface area contributed by atoms with Crippen LogP contribution in [0.25, 0.3) is 0 Å². The second-order valence-electron chi connectivity index (χ2n) is 9.75. The van der Waals surface area contributed by atoms with Crippen molar-refractivity contribution in [3.05, 3.63) is 65.7 Å². The number of hydrogen-bond acceptors (Lipinski definition) is 4. The summed E-state index contributed by atoms with van der Waals surface area (Å²) >= 11 is 0. The minimum atomic E-state index is -0.586. The van der Waals surface area contributed by atoms with Crippen molar-refractivity contribution in [2.45, 2.75) is 38.1 Å². The monoisotopic (exact) mass is 499 g/mol. The molecule has 0 aliphatic carbocycles. The van der Waals surface area contributed by atoms with Gasteiger partial charge in [0, 0.05) is 25.1 Å². The first-order chi connectivity index (χ1) is 16.5. The van der Waals surface area contributed by atoms with Crippen molar-refractivity contribution in [3.8, 4) is 5.75 Å². The Bertz CT molecular complexity index is 938. The van der Waals surface area contributed by atoms with E-state index in [1.54, 1.807) is 31.4 Å². The second-order valence-corrected chi connectivity index (χ2v) is 9.75. The van der Waals surface area contributed by atoms with E-state index in [1.165, 1.54) is 25.9 Å². The van der Waals surface area contributed by atoms with Crippen molar-refractivity contribution in [3.63, 3.8) is 0 Å². The summed E-state index contributed by atoms with van der Waals surface area (Å²) in [6.45, 7) is 3.92. The molecule has 0 bridgehead atoms. The molecule has 2 fully saturated rings. The van der Waals surface area contributed by atoms with Crippen LogP contribution in [0.4, 0.5) is 0 Å². The molecule has 0 aromatic heterocycles. The number of rotatable bonds is 7. The van der Waals surface area contributed by atoms with Crippen LogP contribution in [0, 0.1) is 11.8 Å². The number of benzene rings is 2. The fourth-order valence-corrected chi connectivity index (χ4v) is 5.35. The lowest BCUT2D eigenvalue weighted by Crippen LogP contribution is -2.52. The third-order valence-electron chi connectivity index (χ3n) is 7.52. The van der Waals surface area contributed by atoms with Gasteiger partial charge in [0.2, 0.25) is 5.91 Å². The molecule has 0 radical (unpaired) electrons. The highest BCUT2D eigenvalue weighted by atomic mass is 35.5. The molecule has 1 N–H and O–H groups in total. The summed E-state index contributed by atoms with van der Waals surface area (Å²) in [4.78, 5) is 30.9. The minimum Gasteiger partial charge on any atom is -0.497 e. The number of nitrogens with one attached hydrogen (secondary N) is 1. The van der Waals surface area contributed by atoms with E-state index in [9.17, 15) is 9.59 Å². The minimum absolute atomic E-state index is 0. The van der Waals surface area contributed by atoms with Crippen molar-refractivity contribution in [1.29, 1.82) is 0 Å². The van der Waals surface area contributed by atoms with Crippen LogP contribution in [0.3, 0.4) is 0 Å². The maximum absolute atomic E-state index is 13.6. The highest BCUT2D eigenvalue weighted by Gasteiger charge is 2.33. The van der Waals surface area contributed by atoms with Crippen LogP contribution in [0.1, 0.15) is 41.6 Å². The Morgan fingerprint density at radius 1 is 0.914 bits per heavy atom. The molecule has 2 aliphatic rings. The van der Waals surface area contributed by atoms with Crippen LogP contribution in [-0.4, -0.2) is 68.0 Å². The van der Waals surface area contributed by atoms with E-state index in [0.29, 0.717) is 23.7 Å². The number of halogens is 1. The van der Waals surface area contributed by atoms with Gasteiger partial charge in [0.05, 0.1) is 7.11 Å². The van der Waals surface area contributed by atoms with Crippen LogP contribution in [-0.2, 0) is 11.2 Å². The molecule has 2 saturated heterocycles. The average molecular weight is 500 g/mol. The lowest BCUT2D eigenvalue weighted by atomic mass is 9.79. The summed E-state index contributed by atoms with van der Waals surface area (Å²) in [7, 11) is 3.80. The quantitative estimate of drug-likeness (QED) is 0.624. The zero-order valence-corrected chi connectivity index (χ0v) is 21.6. The fourth-order valence-electron chi connectivity index (χ4n) is 5.35. The highest BCUT2D eigenvalue weighted by Crippen LogP contribution is 2.32. The molecule has 35 heavy (non-hydrogen) atoms. The van der Waals surface area contributed by atoms with E-state index in [1.807, 2.05) is 35.2 Å². The standard InChI is InChI=1S/C28H37N3O3.ClH/c1-30-16-12-22(13-17-30)23-14-18-31(19-15-23)28(33)26(20-21-6-4-3-5-7-21)29-27(32)24-8-10-25(34-2)11-9-24;/h3-11,22-23,26H,12-20H2,1-2H3,(H,29,32);1H/t26-;/m1./s1. The maximum atomic E-state index is 13.6. The topological polar surface area (TPSA) is 61.9 Å².